The molecule has 0 fully saturated rings. The zero-order valence-electron chi connectivity index (χ0n) is 17.8. The van der Waals surface area contributed by atoms with E-state index in [0.29, 0.717) is 11.0 Å². The number of nitrogens with one attached hydrogen (secondary N) is 2. The van der Waals surface area contributed by atoms with E-state index in [-0.39, 0.29) is 38.7 Å². The summed E-state index contributed by atoms with van der Waals surface area (Å²) < 4.78 is 66.9. The minimum absolute atomic E-state index is 0.0665. The second-order valence-corrected chi connectivity index (χ2v) is 11.0. The number of carbonyl (C=O) groups excluding carboxylic acids is 1. The minimum atomic E-state index is -4.22. The minimum Gasteiger partial charge on any atom is -0.484 e. The van der Waals surface area contributed by atoms with E-state index in [9.17, 15) is 21.6 Å². The summed E-state index contributed by atoms with van der Waals surface area (Å²) in [7, 11) is -8.35. The van der Waals surface area contributed by atoms with E-state index in [2.05, 4.69) is 9.44 Å². The molecule has 1 amide bonds. The van der Waals surface area contributed by atoms with Crippen molar-refractivity contribution in [3.8, 4) is 5.75 Å². The molecule has 0 saturated carbocycles. The Kier molecular flexibility index (Phi) is 6.61. The molecule has 4 N–H and O–H groups in total. The molecule has 0 aliphatic heterocycles. The van der Waals surface area contributed by atoms with E-state index < -0.39 is 26.0 Å². The van der Waals surface area contributed by atoms with Crippen LogP contribution in [0.25, 0.3) is 11.0 Å². The Bertz CT molecular complexity index is 1580. The molecule has 0 saturated heterocycles. The van der Waals surface area contributed by atoms with Gasteiger partial charge in [0.05, 0.1) is 16.3 Å². The summed E-state index contributed by atoms with van der Waals surface area (Å²) in [6.45, 7) is -0.357. The van der Waals surface area contributed by atoms with Gasteiger partial charge < -0.3 is 14.9 Å². The molecule has 0 aliphatic carbocycles. The van der Waals surface area contributed by atoms with Crippen LogP contribution in [-0.4, -0.2) is 29.3 Å². The van der Waals surface area contributed by atoms with Crippen LogP contribution in [0.15, 0.2) is 87.2 Å². The van der Waals surface area contributed by atoms with Crippen LogP contribution >= 0.6 is 11.6 Å². The van der Waals surface area contributed by atoms with Gasteiger partial charge in [0.1, 0.15) is 11.3 Å². The number of fused-ring (bicyclic) bond motifs is 1. The summed E-state index contributed by atoms with van der Waals surface area (Å²) in [6, 6.07) is 17.3. The first-order valence-electron chi connectivity index (χ1n) is 9.88. The van der Waals surface area contributed by atoms with Crippen molar-refractivity contribution in [3.05, 3.63) is 77.8 Å². The van der Waals surface area contributed by atoms with Crippen LogP contribution < -0.4 is 19.9 Å². The van der Waals surface area contributed by atoms with Gasteiger partial charge in [-0.1, -0.05) is 29.8 Å². The van der Waals surface area contributed by atoms with Gasteiger partial charge in [0.25, 0.3) is 26.0 Å². The number of sulfonamides is 2. The summed E-state index contributed by atoms with van der Waals surface area (Å²) in [6.07, 6.45) is 0. The van der Waals surface area contributed by atoms with Crippen molar-refractivity contribution in [2.45, 2.75) is 9.99 Å². The van der Waals surface area contributed by atoms with Crippen molar-refractivity contribution in [2.75, 3.05) is 16.1 Å². The molecule has 4 aromatic rings. The number of para-hydroxylation sites is 1. The Balaban J connectivity index is 1.60. The van der Waals surface area contributed by atoms with Crippen molar-refractivity contribution in [2.24, 2.45) is 5.73 Å². The zero-order valence-corrected chi connectivity index (χ0v) is 20.2. The van der Waals surface area contributed by atoms with Crippen molar-refractivity contribution in [3.63, 3.8) is 0 Å². The molecule has 182 valence electrons. The van der Waals surface area contributed by atoms with E-state index in [1.165, 1.54) is 48.5 Å². The van der Waals surface area contributed by atoms with Crippen LogP contribution in [0.1, 0.15) is 0 Å². The van der Waals surface area contributed by atoms with Crippen LogP contribution in [0.2, 0.25) is 5.02 Å². The number of benzene rings is 3. The number of carbonyl (C=O) groups is 1. The number of halogens is 1. The lowest BCUT2D eigenvalue weighted by molar-refractivity contribution is -0.119. The standard InChI is InChI=1S/C22H18ClN3O7S2/c23-15-5-10-18(25-34(28,29)17-8-6-16(7-9-17)32-13-21(24)27)19(12-15)26-35(30,31)22-11-14-3-1-2-4-20(14)33-22/h1-12,25-26H,13H2,(H2,24,27). The summed E-state index contributed by atoms with van der Waals surface area (Å²) in [5, 5.41) is 0.411. The third kappa shape index (κ3) is 5.67. The van der Waals surface area contributed by atoms with Gasteiger partial charge >= 0.3 is 0 Å². The van der Waals surface area contributed by atoms with Gasteiger partial charge in [0, 0.05) is 16.5 Å². The maximum absolute atomic E-state index is 12.9. The third-order valence-electron chi connectivity index (χ3n) is 4.65. The fourth-order valence-corrected chi connectivity index (χ4v) is 5.34. The van der Waals surface area contributed by atoms with Crippen LogP contribution in [-0.2, 0) is 24.8 Å². The Hall–Kier alpha value is -3.74. The molecule has 0 unspecified atom stereocenters. The van der Waals surface area contributed by atoms with Crippen molar-refractivity contribution < 1.29 is 30.8 Å². The molecule has 0 bridgehead atoms. The molecular formula is C22H18ClN3O7S2. The molecule has 0 aliphatic rings. The monoisotopic (exact) mass is 535 g/mol. The molecular weight excluding hydrogens is 518 g/mol. The number of nitrogens with two attached hydrogens (primary N) is 1. The number of ether oxygens (including phenoxy) is 1. The van der Waals surface area contributed by atoms with Crippen LogP contribution in [0, 0.1) is 0 Å². The van der Waals surface area contributed by atoms with E-state index in [0.717, 1.165) is 0 Å². The molecule has 1 aromatic heterocycles. The van der Waals surface area contributed by atoms with E-state index in [1.54, 1.807) is 24.3 Å². The number of primary amides is 1. The zero-order chi connectivity index (χ0) is 25.2. The third-order valence-corrected chi connectivity index (χ3v) is 7.49. The van der Waals surface area contributed by atoms with Crippen LogP contribution in [0.4, 0.5) is 11.4 Å². The average molecular weight is 536 g/mol. The first kappa shape index (κ1) is 24.4. The summed E-state index contributed by atoms with van der Waals surface area (Å²) in [5.41, 5.74) is 5.22. The Labute approximate surface area is 205 Å². The molecule has 0 atom stereocenters. The maximum Gasteiger partial charge on any atom is 0.295 e. The van der Waals surface area contributed by atoms with Crippen LogP contribution in [0.5, 0.6) is 5.75 Å². The van der Waals surface area contributed by atoms with Gasteiger partial charge in [-0.2, -0.15) is 8.42 Å². The van der Waals surface area contributed by atoms with Gasteiger partial charge in [0.2, 0.25) is 5.09 Å². The fraction of sp³-hybridized carbons (Fsp3) is 0.0455. The van der Waals surface area contributed by atoms with Gasteiger partial charge in [0.15, 0.2) is 6.61 Å². The second-order valence-electron chi connectivity index (χ2n) is 7.23. The highest BCUT2D eigenvalue weighted by atomic mass is 35.5. The molecule has 1 heterocycles. The number of rotatable bonds is 9. The molecule has 0 spiro atoms. The van der Waals surface area contributed by atoms with E-state index >= 15 is 0 Å². The van der Waals surface area contributed by atoms with Crippen molar-refractivity contribution in [1.29, 1.82) is 0 Å². The largest absolute Gasteiger partial charge is 0.484 e. The van der Waals surface area contributed by atoms with Crippen molar-refractivity contribution in [1.82, 2.24) is 0 Å². The first-order chi connectivity index (χ1) is 16.5. The molecule has 13 heteroatoms. The number of amides is 1. The Morgan fingerprint density at radius 2 is 1.57 bits per heavy atom. The lowest BCUT2D eigenvalue weighted by Gasteiger charge is -2.14. The second kappa shape index (κ2) is 9.49. The average Bonchev–Trinajstić information content (AvgIpc) is 3.25. The lowest BCUT2D eigenvalue weighted by Crippen LogP contribution is -2.20. The maximum atomic E-state index is 12.9. The summed E-state index contributed by atoms with van der Waals surface area (Å²) >= 11 is 6.03. The fourth-order valence-electron chi connectivity index (χ4n) is 3.05. The lowest BCUT2D eigenvalue weighted by atomic mass is 10.3. The SMILES string of the molecule is NC(=O)COc1ccc(S(=O)(=O)Nc2ccc(Cl)cc2NS(=O)(=O)c2cc3ccccc3o2)cc1. The Morgan fingerprint density at radius 3 is 2.26 bits per heavy atom. The van der Waals surface area contributed by atoms with E-state index in [4.69, 9.17) is 26.5 Å². The Morgan fingerprint density at radius 1 is 0.886 bits per heavy atom. The van der Waals surface area contributed by atoms with Gasteiger partial charge in [-0.3, -0.25) is 14.2 Å². The highest BCUT2D eigenvalue weighted by Gasteiger charge is 2.23. The molecule has 10 nitrogen and oxygen atoms in total. The highest BCUT2D eigenvalue weighted by Crippen LogP contribution is 2.31. The number of hydrogen-bond donors (Lipinski definition) is 3. The highest BCUT2D eigenvalue weighted by molar-refractivity contribution is 7.93. The predicted molar refractivity (Wildman–Crippen MR) is 130 cm³/mol. The number of hydrogen-bond acceptors (Lipinski definition) is 7. The number of anilines is 2. The van der Waals surface area contributed by atoms with Gasteiger partial charge in [-0.15, -0.1) is 0 Å². The quantitative estimate of drug-likeness (QED) is 0.295. The molecule has 3 aromatic carbocycles. The number of furan rings is 1. The molecule has 35 heavy (non-hydrogen) atoms. The normalized spacial score (nSPS) is 11.8. The predicted octanol–water partition coefficient (Wildman–Crippen LogP) is 3.55. The van der Waals surface area contributed by atoms with Crippen LogP contribution in [0.3, 0.4) is 0 Å². The molecule has 0 radical (unpaired) electrons. The molecule has 4 rings (SSSR count). The summed E-state index contributed by atoms with van der Waals surface area (Å²) in [4.78, 5) is 10.7. The van der Waals surface area contributed by atoms with E-state index in [1.807, 2.05) is 0 Å². The van der Waals surface area contributed by atoms with Gasteiger partial charge in [-0.25, -0.2) is 8.42 Å². The van der Waals surface area contributed by atoms with Gasteiger partial charge in [-0.05, 0) is 48.5 Å². The smallest absolute Gasteiger partial charge is 0.295 e. The summed E-state index contributed by atoms with van der Waals surface area (Å²) in [5.74, 6) is -0.433. The first-order valence-corrected chi connectivity index (χ1v) is 13.2. The topological polar surface area (TPSA) is 158 Å². The van der Waals surface area contributed by atoms with Crippen molar-refractivity contribution >= 4 is 59.9 Å².